The number of benzene rings is 2. The van der Waals surface area contributed by atoms with Gasteiger partial charge in [0.1, 0.15) is 9.84 Å². The van der Waals surface area contributed by atoms with Crippen molar-refractivity contribution in [2.45, 2.75) is 25.9 Å². The Morgan fingerprint density at radius 2 is 1.77 bits per heavy atom. The molecule has 5 aromatic rings. The summed E-state index contributed by atoms with van der Waals surface area (Å²) in [5, 5.41) is 4.61. The average molecular weight is 520 g/mol. The number of thioether (sulfide) groups is 1. The maximum Gasteiger partial charge on any atom is 0.267 e. The van der Waals surface area contributed by atoms with E-state index < -0.39 is 0 Å². The van der Waals surface area contributed by atoms with Crippen LogP contribution < -0.4 is 10.9 Å². The second-order valence-corrected chi connectivity index (χ2v) is 10.8. The first-order valence-corrected chi connectivity index (χ1v) is 13.4. The predicted molar refractivity (Wildman–Crippen MR) is 144 cm³/mol. The molecular weight excluding hydrogens is 499 g/mol. The fourth-order valence-electron chi connectivity index (χ4n) is 3.66. The van der Waals surface area contributed by atoms with Crippen molar-refractivity contribution < 1.29 is 4.79 Å². The van der Waals surface area contributed by atoms with Gasteiger partial charge in [-0.3, -0.25) is 19.5 Å². The van der Waals surface area contributed by atoms with Crippen LogP contribution in [0.15, 0.2) is 64.5 Å². The van der Waals surface area contributed by atoms with Crippen LogP contribution in [0.2, 0.25) is 0 Å². The van der Waals surface area contributed by atoms with E-state index >= 15 is 0 Å². The molecule has 0 atom stereocenters. The van der Waals surface area contributed by atoms with Crippen LogP contribution in [0.5, 0.6) is 0 Å². The van der Waals surface area contributed by atoms with E-state index in [4.69, 9.17) is 4.98 Å². The maximum atomic E-state index is 13.5. The smallest absolute Gasteiger partial charge is 0.267 e. The Labute approximate surface area is 214 Å². The number of fused-ring (bicyclic) bond motifs is 1. The van der Waals surface area contributed by atoms with Crippen molar-refractivity contribution >= 4 is 56.7 Å². The number of thiophene rings is 1. The lowest BCUT2D eigenvalue weighted by Crippen LogP contribution is -2.23. The quantitative estimate of drug-likeness (QED) is 0.231. The molecule has 35 heavy (non-hydrogen) atoms. The van der Waals surface area contributed by atoms with Gasteiger partial charge in [-0.2, -0.15) is 9.36 Å². The molecule has 0 saturated carbocycles. The Morgan fingerprint density at radius 3 is 2.54 bits per heavy atom. The zero-order valence-corrected chi connectivity index (χ0v) is 21.7. The first-order valence-electron chi connectivity index (χ1n) is 10.8. The lowest BCUT2D eigenvalue weighted by atomic mass is 10.1. The number of aryl methyl sites for hydroxylation is 3. The summed E-state index contributed by atoms with van der Waals surface area (Å²) in [4.78, 5) is 37.2. The van der Waals surface area contributed by atoms with Gasteiger partial charge in [0.2, 0.25) is 11.9 Å². The van der Waals surface area contributed by atoms with E-state index in [1.54, 1.807) is 4.57 Å². The van der Waals surface area contributed by atoms with Crippen LogP contribution >= 0.6 is 34.6 Å². The van der Waals surface area contributed by atoms with Crippen LogP contribution in [-0.2, 0) is 4.79 Å². The Balaban J connectivity index is 1.40. The largest absolute Gasteiger partial charge is 0.293 e. The van der Waals surface area contributed by atoms with Crippen molar-refractivity contribution in [2.75, 3.05) is 11.1 Å². The van der Waals surface area contributed by atoms with Gasteiger partial charge >= 0.3 is 0 Å². The SMILES string of the molecule is Cc1ccccc1-c1nc(NC(=O)CSc2nc3sc(C)c(C)c3c(=O)n2-c2ccccc2)ns1. The highest BCUT2D eigenvalue weighted by Crippen LogP contribution is 2.30. The summed E-state index contributed by atoms with van der Waals surface area (Å²) in [7, 11) is 0. The van der Waals surface area contributed by atoms with Crippen LogP contribution in [0.1, 0.15) is 16.0 Å². The van der Waals surface area contributed by atoms with Crippen LogP contribution in [0.4, 0.5) is 5.95 Å². The number of hydrogen-bond donors (Lipinski definition) is 1. The van der Waals surface area contributed by atoms with E-state index in [0.29, 0.717) is 21.1 Å². The molecule has 5 rings (SSSR count). The molecule has 2 aromatic carbocycles. The number of anilines is 1. The number of carbonyl (C=O) groups is 1. The molecule has 0 radical (unpaired) electrons. The number of nitrogens with one attached hydrogen (secondary N) is 1. The third kappa shape index (κ3) is 4.64. The van der Waals surface area contributed by atoms with Gasteiger partial charge in [-0.1, -0.05) is 54.2 Å². The minimum Gasteiger partial charge on any atom is -0.293 e. The molecule has 0 spiro atoms. The molecule has 3 aromatic heterocycles. The molecule has 1 N–H and O–H groups in total. The van der Waals surface area contributed by atoms with E-state index in [9.17, 15) is 9.59 Å². The number of amides is 1. The van der Waals surface area contributed by atoms with Crippen molar-refractivity contribution in [3.05, 3.63) is 81.0 Å². The van der Waals surface area contributed by atoms with E-state index in [2.05, 4.69) is 14.7 Å². The molecule has 3 heterocycles. The third-order valence-electron chi connectivity index (χ3n) is 5.57. The van der Waals surface area contributed by atoms with E-state index in [1.807, 2.05) is 75.4 Å². The zero-order chi connectivity index (χ0) is 24.5. The molecule has 0 fully saturated rings. The van der Waals surface area contributed by atoms with Crippen LogP contribution in [0.3, 0.4) is 0 Å². The number of hydrogen-bond acceptors (Lipinski definition) is 8. The Hall–Kier alpha value is -3.34. The monoisotopic (exact) mass is 519 g/mol. The third-order valence-corrected chi connectivity index (χ3v) is 8.36. The summed E-state index contributed by atoms with van der Waals surface area (Å²) in [5.41, 5.74) is 3.61. The maximum absolute atomic E-state index is 13.5. The minimum atomic E-state index is -0.267. The molecule has 1 amide bonds. The Bertz CT molecular complexity index is 1600. The summed E-state index contributed by atoms with van der Waals surface area (Å²) >= 11 is 3.95. The van der Waals surface area contributed by atoms with Crippen molar-refractivity contribution in [2.24, 2.45) is 0 Å². The zero-order valence-electron chi connectivity index (χ0n) is 19.2. The predicted octanol–water partition coefficient (Wildman–Crippen LogP) is 5.62. The summed E-state index contributed by atoms with van der Waals surface area (Å²) in [6, 6.07) is 17.3. The van der Waals surface area contributed by atoms with Crippen LogP contribution in [0.25, 0.3) is 26.5 Å². The highest BCUT2D eigenvalue weighted by Gasteiger charge is 2.19. The van der Waals surface area contributed by atoms with E-state index in [0.717, 1.165) is 26.6 Å². The first kappa shape index (κ1) is 23.4. The number of para-hydroxylation sites is 1. The van der Waals surface area contributed by atoms with Gasteiger partial charge in [-0.15, -0.1) is 11.3 Å². The average Bonchev–Trinajstić information content (AvgIpc) is 3.42. The number of carbonyl (C=O) groups excluding carboxylic acids is 1. The highest BCUT2D eigenvalue weighted by molar-refractivity contribution is 7.99. The number of aromatic nitrogens is 4. The van der Waals surface area contributed by atoms with E-state index in [1.165, 1.54) is 34.6 Å². The molecule has 10 heteroatoms. The molecule has 7 nitrogen and oxygen atoms in total. The van der Waals surface area contributed by atoms with Crippen molar-refractivity contribution in [3.63, 3.8) is 0 Å². The molecule has 0 saturated heterocycles. The molecular formula is C25H21N5O2S3. The van der Waals surface area contributed by atoms with Gasteiger partial charge in [0.05, 0.1) is 16.8 Å². The Kier molecular flexibility index (Phi) is 6.50. The normalized spacial score (nSPS) is 11.2. The van der Waals surface area contributed by atoms with Crippen LogP contribution in [0, 0.1) is 20.8 Å². The van der Waals surface area contributed by atoms with Crippen LogP contribution in [-0.4, -0.2) is 30.6 Å². The molecule has 0 aliphatic carbocycles. The second-order valence-electron chi connectivity index (χ2n) is 7.91. The molecule has 0 aliphatic rings. The second kappa shape index (κ2) is 9.73. The van der Waals surface area contributed by atoms with Gasteiger partial charge in [-0.05, 0) is 55.6 Å². The number of nitrogens with zero attached hydrogens (tertiary/aromatic N) is 4. The highest BCUT2D eigenvalue weighted by atomic mass is 32.2. The molecule has 0 unspecified atom stereocenters. The summed E-state index contributed by atoms with van der Waals surface area (Å²) in [6.45, 7) is 5.94. The number of rotatable bonds is 6. The molecule has 176 valence electrons. The van der Waals surface area contributed by atoms with Gasteiger partial charge in [0.15, 0.2) is 5.16 Å². The lowest BCUT2D eigenvalue weighted by molar-refractivity contribution is -0.113. The van der Waals surface area contributed by atoms with Gasteiger partial charge < -0.3 is 0 Å². The summed E-state index contributed by atoms with van der Waals surface area (Å²) in [6.07, 6.45) is 0. The Morgan fingerprint density at radius 1 is 1.03 bits per heavy atom. The standard InChI is InChI=1S/C25H21N5O2S3/c1-14-9-7-8-12-18(14)21-27-24(29-35-21)26-19(31)13-33-25-28-22-20(15(2)16(3)34-22)23(32)30(25)17-10-5-4-6-11-17/h4-12H,13H2,1-3H3,(H,26,29,31). The first-order chi connectivity index (χ1) is 16.9. The molecule has 0 aliphatic heterocycles. The van der Waals surface area contributed by atoms with Gasteiger partial charge in [-0.25, -0.2) is 4.98 Å². The summed E-state index contributed by atoms with van der Waals surface area (Å²) < 4.78 is 5.86. The van der Waals surface area contributed by atoms with Crippen molar-refractivity contribution in [3.8, 4) is 16.3 Å². The minimum absolute atomic E-state index is 0.0625. The lowest BCUT2D eigenvalue weighted by Gasteiger charge is -2.12. The summed E-state index contributed by atoms with van der Waals surface area (Å²) in [5.74, 6) is 0.0661. The van der Waals surface area contributed by atoms with Crippen molar-refractivity contribution in [1.29, 1.82) is 0 Å². The topological polar surface area (TPSA) is 89.8 Å². The molecule has 0 bridgehead atoms. The van der Waals surface area contributed by atoms with E-state index in [-0.39, 0.29) is 23.2 Å². The van der Waals surface area contributed by atoms with Crippen molar-refractivity contribution in [1.82, 2.24) is 18.9 Å². The van der Waals surface area contributed by atoms with Gasteiger partial charge in [0.25, 0.3) is 5.56 Å². The fraction of sp³-hybridized carbons (Fsp3) is 0.160. The fourth-order valence-corrected chi connectivity index (χ4v) is 6.26. The van der Waals surface area contributed by atoms with Gasteiger partial charge in [0, 0.05) is 10.4 Å².